The van der Waals surface area contributed by atoms with E-state index in [1.807, 2.05) is 30.3 Å². The molecule has 0 unspecified atom stereocenters. The standard InChI is InChI=1S/C20H21F3O/c1-15-7-12-18(20(23)19(15)22)24-14-17-10-8-16(9-11-17)6-4-2-3-5-13-21/h3,5,7-12H,2,4,6,13-14H2,1H3/b5-3+. The van der Waals surface area contributed by atoms with Crippen LogP contribution in [-0.2, 0) is 13.0 Å². The number of halogens is 3. The van der Waals surface area contributed by atoms with Crippen molar-refractivity contribution in [3.8, 4) is 5.75 Å². The van der Waals surface area contributed by atoms with Crippen LogP contribution in [0.25, 0.3) is 0 Å². The number of allylic oxidation sites excluding steroid dienone is 2. The van der Waals surface area contributed by atoms with Crippen molar-refractivity contribution in [3.05, 3.63) is 76.9 Å². The normalized spacial score (nSPS) is 11.2. The fourth-order valence-electron chi connectivity index (χ4n) is 2.31. The van der Waals surface area contributed by atoms with Gasteiger partial charge in [-0.2, -0.15) is 4.39 Å². The number of alkyl halides is 1. The molecule has 0 amide bonds. The molecule has 0 aliphatic rings. The lowest BCUT2D eigenvalue weighted by atomic mass is 10.1. The van der Waals surface area contributed by atoms with Crippen LogP contribution in [0.1, 0.15) is 29.5 Å². The zero-order valence-corrected chi connectivity index (χ0v) is 13.7. The predicted octanol–water partition coefficient (Wildman–Crippen LogP) is 5.70. The van der Waals surface area contributed by atoms with Gasteiger partial charge in [-0.3, -0.25) is 0 Å². The van der Waals surface area contributed by atoms with Crippen molar-refractivity contribution < 1.29 is 17.9 Å². The Hall–Kier alpha value is -2.23. The van der Waals surface area contributed by atoms with E-state index in [1.165, 1.54) is 30.7 Å². The zero-order valence-electron chi connectivity index (χ0n) is 13.7. The van der Waals surface area contributed by atoms with Gasteiger partial charge in [0, 0.05) is 0 Å². The van der Waals surface area contributed by atoms with E-state index in [4.69, 9.17) is 4.74 Å². The van der Waals surface area contributed by atoms with Crippen molar-refractivity contribution >= 4 is 0 Å². The minimum atomic E-state index is -0.951. The molecule has 128 valence electrons. The maximum atomic E-state index is 13.7. The summed E-state index contributed by atoms with van der Waals surface area (Å²) >= 11 is 0. The van der Waals surface area contributed by atoms with Gasteiger partial charge in [0.1, 0.15) is 13.3 Å². The van der Waals surface area contributed by atoms with Gasteiger partial charge in [-0.05, 0) is 48.9 Å². The summed E-state index contributed by atoms with van der Waals surface area (Å²) in [6.45, 7) is 1.27. The summed E-state index contributed by atoms with van der Waals surface area (Å²) in [5.41, 5.74) is 2.32. The average molecular weight is 334 g/mol. The molecule has 0 heterocycles. The maximum Gasteiger partial charge on any atom is 0.200 e. The zero-order chi connectivity index (χ0) is 17.4. The van der Waals surface area contributed by atoms with Crippen LogP contribution in [0.4, 0.5) is 13.2 Å². The molecule has 0 N–H and O–H groups in total. The van der Waals surface area contributed by atoms with Crippen LogP contribution >= 0.6 is 0 Å². The lowest BCUT2D eigenvalue weighted by molar-refractivity contribution is 0.284. The fraction of sp³-hybridized carbons (Fsp3) is 0.300. The topological polar surface area (TPSA) is 9.23 Å². The Labute approximate surface area is 140 Å². The largest absolute Gasteiger partial charge is 0.486 e. The molecule has 4 heteroatoms. The van der Waals surface area contributed by atoms with Crippen LogP contribution in [0.3, 0.4) is 0 Å². The van der Waals surface area contributed by atoms with E-state index in [9.17, 15) is 13.2 Å². The molecule has 0 radical (unpaired) electrons. The molecule has 0 saturated carbocycles. The lowest BCUT2D eigenvalue weighted by Crippen LogP contribution is -2.00. The first-order chi connectivity index (χ1) is 11.6. The molecule has 2 aromatic rings. The van der Waals surface area contributed by atoms with Crippen LogP contribution in [0.15, 0.2) is 48.6 Å². The molecule has 0 aliphatic heterocycles. The van der Waals surface area contributed by atoms with Gasteiger partial charge >= 0.3 is 0 Å². The first-order valence-electron chi connectivity index (χ1n) is 7.98. The summed E-state index contributed by atoms with van der Waals surface area (Å²) in [6, 6.07) is 10.7. The highest BCUT2D eigenvalue weighted by Crippen LogP contribution is 2.23. The molecule has 1 nitrogen and oxygen atoms in total. The van der Waals surface area contributed by atoms with Gasteiger partial charge in [-0.15, -0.1) is 0 Å². The first-order valence-corrected chi connectivity index (χ1v) is 7.98. The Balaban J connectivity index is 1.86. The highest BCUT2D eigenvalue weighted by molar-refractivity contribution is 5.31. The second kappa shape index (κ2) is 9.16. The smallest absolute Gasteiger partial charge is 0.200 e. The van der Waals surface area contributed by atoms with E-state index in [2.05, 4.69) is 0 Å². The fourth-order valence-corrected chi connectivity index (χ4v) is 2.31. The van der Waals surface area contributed by atoms with Crippen LogP contribution < -0.4 is 4.74 Å². The second-order valence-electron chi connectivity index (χ2n) is 5.63. The molecule has 0 fully saturated rings. The van der Waals surface area contributed by atoms with Crippen molar-refractivity contribution in [2.75, 3.05) is 6.67 Å². The summed E-state index contributed by atoms with van der Waals surface area (Å²) in [6.07, 6.45) is 6.09. The molecular formula is C20H21F3O. The molecule has 24 heavy (non-hydrogen) atoms. The predicted molar refractivity (Wildman–Crippen MR) is 89.9 cm³/mol. The third-order valence-corrected chi connectivity index (χ3v) is 3.75. The number of unbranched alkanes of at least 4 members (excludes halogenated alkanes) is 1. The van der Waals surface area contributed by atoms with Crippen LogP contribution in [0.2, 0.25) is 0 Å². The molecule has 0 aromatic heterocycles. The molecule has 0 aliphatic carbocycles. The van der Waals surface area contributed by atoms with Crippen molar-refractivity contribution in [1.29, 1.82) is 0 Å². The highest BCUT2D eigenvalue weighted by Gasteiger charge is 2.12. The Morgan fingerprint density at radius 1 is 0.917 bits per heavy atom. The van der Waals surface area contributed by atoms with Crippen LogP contribution in [0.5, 0.6) is 5.75 Å². The van der Waals surface area contributed by atoms with Crippen molar-refractivity contribution in [2.24, 2.45) is 0 Å². The monoisotopic (exact) mass is 334 g/mol. The number of aryl methyl sites for hydroxylation is 2. The van der Waals surface area contributed by atoms with Crippen molar-refractivity contribution in [2.45, 2.75) is 32.8 Å². The summed E-state index contributed by atoms with van der Waals surface area (Å²) in [5, 5.41) is 0. The summed E-state index contributed by atoms with van der Waals surface area (Å²) in [7, 11) is 0. The van der Waals surface area contributed by atoms with Gasteiger partial charge in [-0.25, -0.2) is 8.78 Å². The second-order valence-corrected chi connectivity index (χ2v) is 5.63. The van der Waals surface area contributed by atoms with E-state index in [-0.39, 0.29) is 17.9 Å². The summed E-state index contributed by atoms with van der Waals surface area (Å²) in [4.78, 5) is 0. The van der Waals surface area contributed by atoms with Crippen LogP contribution in [-0.4, -0.2) is 6.67 Å². The SMILES string of the molecule is Cc1ccc(OCc2ccc(CCC/C=C/CF)cc2)c(F)c1F. The molecule has 0 bridgehead atoms. The summed E-state index contributed by atoms with van der Waals surface area (Å²) in [5.74, 6) is -1.90. The van der Waals surface area contributed by atoms with Crippen molar-refractivity contribution in [1.82, 2.24) is 0 Å². The molecule has 2 aromatic carbocycles. The Morgan fingerprint density at radius 2 is 1.62 bits per heavy atom. The molecule has 0 atom stereocenters. The molecule has 2 rings (SSSR count). The minimum Gasteiger partial charge on any atom is -0.486 e. The molecular weight excluding hydrogens is 313 g/mol. The van der Waals surface area contributed by atoms with Gasteiger partial charge < -0.3 is 4.74 Å². The lowest BCUT2D eigenvalue weighted by Gasteiger charge is -2.09. The first kappa shape index (κ1) is 18.1. The van der Waals surface area contributed by atoms with Crippen LogP contribution in [0, 0.1) is 18.6 Å². The quantitative estimate of drug-likeness (QED) is 0.444. The number of benzene rings is 2. The number of ether oxygens (including phenoxy) is 1. The van der Waals surface area contributed by atoms with E-state index < -0.39 is 18.3 Å². The van der Waals surface area contributed by atoms with E-state index in [0.29, 0.717) is 0 Å². The van der Waals surface area contributed by atoms with E-state index in [0.717, 1.165) is 24.8 Å². The van der Waals surface area contributed by atoms with E-state index in [1.54, 1.807) is 0 Å². The average Bonchev–Trinajstić information content (AvgIpc) is 2.60. The number of hydrogen-bond acceptors (Lipinski definition) is 1. The van der Waals surface area contributed by atoms with Crippen molar-refractivity contribution in [3.63, 3.8) is 0 Å². The minimum absolute atomic E-state index is 0.0816. The molecule has 0 saturated heterocycles. The maximum absolute atomic E-state index is 13.7. The van der Waals surface area contributed by atoms with Gasteiger partial charge in [-0.1, -0.05) is 42.5 Å². The van der Waals surface area contributed by atoms with Gasteiger partial charge in [0.15, 0.2) is 11.6 Å². The Morgan fingerprint density at radius 3 is 2.33 bits per heavy atom. The van der Waals surface area contributed by atoms with Gasteiger partial charge in [0.25, 0.3) is 0 Å². The highest BCUT2D eigenvalue weighted by atomic mass is 19.2. The number of hydrogen-bond donors (Lipinski definition) is 0. The third kappa shape index (κ3) is 5.15. The number of rotatable bonds is 8. The Bertz CT molecular complexity index is 678. The van der Waals surface area contributed by atoms with Gasteiger partial charge in [0.05, 0.1) is 0 Å². The summed E-state index contributed by atoms with van der Waals surface area (Å²) < 4.78 is 44.5. The third-order valence-electron chi connectivity index (χ3n) is 3.75. The Kier molecular flexibility index (Phi) is 6.91. The van der Waals surface area contributed by atoms with E-state index >= 15 is 0 Å². The van der Waals surface area contributed by atoms with Gasteiger partial charge in [0.2, 0.25) is 5.82 Å². The molecule has 0 spiro atoms.